The number of nitrogens with zero attached hydrogens (tertiary/aromatic N) is 1. The van der Waals surface area contributed by atoms with Gasteiger partial charge in [-0.3, -0.25) is 9.69 Å². The molecule has 114 valence electrons. The van der Waals surface area contributed by atoms with Gasteiger partial charge in [0.2, 0.25) is 0 Å². The molecule has 2 rings (SSSR count). The molecule has 0 radical (unpaired) electrons. The Labute approximate surface area is 131 Å². The van der Waals surface area contributed by atoms with E-state index in [1.54, 1.807) is 0 Å². The van der Waals surface area contributed by atoms with E-state index in [1.165, 1.54) is 5.57 Å². The molecule has 0 fully saturated rings. The summed E-state index contributed by atoms with van der Waals surface area (Å²) >= 11 is 6.24. The van der Waals surface area contributed by atoms with Gasteiger partial charge < -0.3 is 4.74 Å². The minimum atomic E-state index is -0.0955. The number of benzene rings is 1. The number of esters is 1. The first-order chi connectivity index (χ1) is 10.2. The summed E-state index contributed by atoms with van der Waals surface area (Å²) in [7, 11) is 0. The lowest BCUT2D eigenvalue weighted by Gasteiger charge is -2.26. The van der Waals surface area contributed by atoms with E-state index in [9.17, 15) is 4.79 Å². The third kappa shape index (κ3) is 4.87. The Hall–Kier alpha value is -1.32. The van der Waals surface area contributed by atoms with Crippen LogP contribution in [-0.4, -0.2) is 37.1 Å². The van der Waals surface area contributed by atoms with E-state index in [0.29, 0.717) is 13.0 Å². The maximum atomic E-state index is 11.3. The molecule has 0 amide bonds. The van der Waals surface area contributed by atoms with Crippen molar-refractivity contribution in [3.05, 3.63) is 40.9 Å². The monoisotopic (exact) mass is 307 g/mol. The van der Waals surface area contributed by atoms with Gasteiger partial charge in [0, 0.05) is 24.5 Å². The SMILES string of the molecule is CCOC(=O)CCCN1CC=C(c2ccccc2Cl)CC1. The fraction of sp³-hybridized carbons (Fsp3) is 0.471. The van der Waals surface area contributed by atoms with Crippen LogP contribution >= 0.6 is 11.6 Å². The first kappa shape index (κ1) is 16.1. The van der Waals surface area contributed by atoms with E-state index in [1.807, 2.05) is 25.1 Å². The van der Waals surface area contributed by atoms with Gasteiger partial charge in [-0.05, 0) is 43.5 Å². The molecule has 0 bridgehead atoms. The molecule has 1 heterocycles. The molecule has 1 aromatic carbocycles. The average molecular weight is 308 g/mol. The summed E-state index contributed by atoms with van der Waals surface area (Å²) in [6, 6.07) is 7.98. The summed E-state index contributed by atoms with van der Waals surface area (Å²) < 4.78 is 4.94. The average Bonchev–Trinajstić information content (AvgIpc) is 2.49. The molecule has 0 atom stereocenters. The third-order valence-corrected chi connectivity index (χ3v) is 4.00. The number of rotatable bonds is 6. The van der Waals surface area contributed by atoms with Crippen LogP contribution in [0.15, 0.2) is 30.3 Å². The molecule has 3 nitrogen and oxygen atoms in total. The highest BCUT2D eigenvalue weighted by molar-refractivity contribution is 6.32. The van der Waals surface area contributed by atoms with Gasteiger partial charge in [-0.25, -0.2) is 0 Å². The van der Waals surface area contributed by atoms with Gasteiger partial charge in [0.1, 0.15) is 0 Å². The number of hydrogen-bond donors (Lipinski definition) is 0. The minimum Gasteiger partial charge on any atom is -0.466 e. The smallest absolute Gasteiger partial charge is 0.305 e. The zero-order valence-electron chi connectivity index (χ0n) is 12.5. The minimum absolute atomic E-state index is 0.0955. The number of carbonyl (C=O) groups excluding carboxylic acids is 1. The molecule has 1 aromatic rings. The van der Waals surface area contributed by atoms with Crippen molar-refractivity contribution in [1.82, 2.24) is 4.90 Å². The molecule has 1 aliphatic rings. The van der Waals surface area contributed by atoms with E-state index in [0.717, 1.165) is 43.1 Å². The lowest BCUT2D eigenvalue weighted by atomic mass is 9.99. The standard InChI is InChI=1S/C17H22ClNO2/c1-2-21-17(20)8-5-11-19-12-9-14(10-13-19)15-6-3-4-7-16(15)18/h3-4,6-7,9H,2,5,8,10-13H2,1H3. The summed E-state index contributed by atoms with van der Waals surface area (Å²) in [6.07, 6.45) is 4.61. The van der Waals surface area contributed by atoms with Gasteiger partial charge in [0.05, 0.1) is 6.61 Å². The number of halogens is 1. The Morgan fingerprint density at radius 3 is 2.86 bits per heavy atom. The van der Waals surface area contributed by atoms with Crippen molar-refractivity contribution < 1.29 is 9.53 Å². The molecule has 0 saturated heterocycles. The van der Waals surface area contributed by atoms with Crippen LogP contribution in [-0.2, 0) is 9.53 Å². The van der Waals surface area contributed by atoms with Gasteiger partial charge in [0.15, 0.2) is 0 Å². The van der Waals surface area contributed by atoms with Crippen molar-refractivity contribution >= 4 is 23.1 Å². The zero-order chi connectivity index (χ0) is 15.1. The molecular formula is C17H22ClNO2. The highest BCUT2D eigenvalue weighted by Gasteiger charge is 2.14. The molecule has 0 N–H and O–H groups in total. The van der Waals surface area contributed by atoms with Crippen LogP contribution in [0.4, 0.5) is 0 Å². The molecule has 0 spiro atoms. The van der Waals surface area contributed by atoms with E-state index in [2.05, 4.69) is 17.0 Å². The third-order valence-electron chi connectivity index (χ3n) is 3.67. The normalized spacial score (nSPS) is 15.6. The second-order valence-electron chi connectivity index (χ2n) is 5.17. The second-order valence-corrected chi connectivity index (χ2v) is 5.58. The van der Waals surface area contributed by atoms with Crippen LogP contribution in [0.2, 0.25) is 5.02 Å². The molecular weight excluding hydrogens is 286 g/mol. The van der Waals surface area contributed by atoms with Crippen molar-refractivity contribution in [2.24, 2.45) is 0 Å². The van der Waals surface area contributed by atoms with Crippen molar-refractivity contribution in [3.63, 3.8) is 0 Å². The van der Waals surface area contributed by atoms with Crippen LogP contribution in [0, 0.1) is 0 Å². The van der Waals surface area contributed by atoms with Gasteiger partial charge in [-0.2, -0.15) is 0 Å². The molecule has 21 heavy (non-hydrogen) atoms. The Balaban J connectivity index is 1.80. The van der Waals surface area contributed by atoms with Gasteiger partial charge in [0.25, 0.3) is 0 Å². The number of carbonyl (C=O) groups is 1. The van der Waals surface area contributed by atoms with Crippen LogP contribution < -0.4 is 0 Å². The lowest BCUT2D eigenvalue weighted by Crippen LogP contribution is -2.29. The maximum Gasteiger partial charge on any atom is 0.305 e. The Morgan fingerprint density at radius 2 is 2.19 bits per heavy atom. The van der Waals surface area contributed by atoms with Crippen LogP contribution in [0.25, 0.3) is 5.57 Å². The van der Waals surface area contributed by atoms with Crippen LogP contribution in [0.3, 0.4) is 0 Å². The van der Waals surface area contributed by atoms with E-state index < -0.39 is 0 Å². The molecule has 4 heteroatoms. The van der Waals surface area contributed by atoms with Crippen LogP contribution in [0.5, 0.6) is 0 Å². The summed E-state index contributed by atoms with van der Waals surface area (Å²) in [5.41, 5.74) is 2.47. The van der Waals surface area contributed by atoms with Gasteiger partial charge in [-0.1, -0.05) is 35.9 Å². The Kier molecular flexibility index (Phi) is 6.27. The molecule has 0 saturated carbocycles. The first-order valence-electron chi connectivity index (χ1n) is 7.52. The first-order valence-corrected chi connectivity index (χ1v) is 7.90. The molecule has 1 aliphatic heterocycles. The largest absolute Gasteiger partial charge is 0.466 e. The van der Waals surface area contributed by atoms with E-state index in [4.69, 9.17) is 16.3 Å². The summed E-state index contributed by atoms with van der Waals surface area (Å²) in [5.74, 6) is -0.0955. The quantitative estimate of drug-likeness (QED) is 0.749. The highest BCUT2D eigenvalue weighted by atomic mass is 35.5. The topological polar surface area (TPSA) is 29.5 Å². The van der Waals surface area contributed by atoms with E-state index >= 15 is 0 Å². The fourth-order valence-corrected chi connectivity index (χ4v) is 2.82. The fourth-order valence-electron chi connectivity index (χ4n) is 2.56. The van der Waals surface area contributed by atoms with Crippen molar-refractivity contribution in [1.29, 1.82) is 0 Å². The highest BCUT2D eigenvalue weighted by Crippen LogP contribution is 2.28. The van der Waals surface area contributed by atoms with Gasteiger partial charge in [-0.15, -0.1) is 0 Å². The molecule has 0 unspecified atom stereocenters. The number of hydrogen-bond acceptors (Lipinski definition) is 3. The van der Waals surface area contributed by atoms with Gasteiger partial charge >= 0.3 is 5.97 Å². The van der Waals surface area contributed by atoms with E-state index in [-0.39, 0.29) is 5.97 Å². The second kappa shape index (κ2) is 8.20. The predicted molar refractivity (Wildman–Crippen MR) is 86.4 cm³/mol. The summed E-state index contributed by atoms with van der Waals surface area (Å²) in [5, 5.41) is 0.819. The number of ether oxygens (including phenoxy) is 1. The summed E-state index contributed by atoms with van der Waals surface area (Å²) in [6.45, 7) is 5.17. The molecule has 0 aromatic heterocycles. The van der Waals surface area contributed by atoms with Crippen molar-refractivity contribution in [3.8, 4) is 0 Å². The Bertz CT molecular complexity index is 513. The summed E-state index contributed by atoms with van der Waals surface area (Å²) in [4.78, 5) is 13.7. The zero-order valence-corrected chi connectivity index (χ0v) is 13.2. The predicted octanol–water partition coefficient (Wildman–Crippen LogP) is 3.77. The van der Waals surface area contributed by atoms with Crippen LogP contribution in [0.1, 0.15) is 31.7 Å². The Morgan fingerprint density at radius 1 is 1.38 bits per heavy atom. The van der Waals surface area contributed by atoms with Crippen molar-refractivity contribution in [2.75, 3.05) is 26.2 Å². The van der Waals surface area contributed by atoms with Crippen molar-refractivity contribution in [2.45, 2.75) is 26.2 Å². The lowest BCUT2D eigenvalue weighted by molar-refractivity contribution is -0.143. The molecule has 0 aliphatic carbocycles. The maximum absolute atomic E-state index is 11.3.